The molecule has 0 saturated heterocycles. The molecular formula is C17H15NO4. The van der Waals surface area contributed by atoms with Crippen LogP contribution in [0.1, 0.15) is 25.0 Å². The lowest BCUT2D eigenvalue weighted by Crippen LogP contribution is -2.23. The number of benzene rings is 1. The van der Waals surface area contributed by atoms with Crippen LogP contribution in [0.5, 0.6) is 0 Å². The smallest absolute Gasteiger partial charge is 0.309 e. The highest BCUT2D eigenvalue weighted by Gasteiger charge is 2.26. The first-order valence-corrected chi connectivity index (χ1v) is 7.41. The van der Waals surface area contributed by atoms with Gasteiger partial charge in [0.15, 0.2) is 5.76 Å². The Labute approximate surface area is 126 Å². The minimum Gasteiger partial charge on any atom is -0.459 e. The molecule has 5 heteroatoms. The molecule has 4 rings (SSSR count). The summed E-state index contributed by atoms with van der Waals surface area (Å²) in [5.74, 6) is 1.08. The normalized spacial score (nSPS) is 14.9. The first-order valence-electron chi connectivity index (χ1n) is 7.41. The molecule has 1 aliphatic rings. The van der Waals surface area contributed by atoms with Crippen LogP contribution in [0, 0.1) is 5.92 Å². The largest absolute Gasteiger partial charge is 0.459 e. The summed E-state index contributed by atoms with van der Waals surface area (Å²) in [6.07, 6.45) is 2.98. The Balaban J connectivity index is 1.47. The van der Waals surface area contributed by atoms with E-state index >= 15 is 0 Å². The lowest BCUT2D eigenvalue weighted by atomic mass is 9.86. The zero-order chi connectivity index (χ0) is 14.9. The third kappa shape index (κ3) is 2.39. The Morgan fingerprint density at radius 1 is 1.23 bits per heavy atom. The number of aromatic nitrogens is 1. The topological polar surface area (TPSA) is 65.5 Å². The van der Waals surface area contributed by atoms with Crippen molar-refractivity contribution in [3.8, 4) is 11.5 Å². The zero-order valence-electron chi connectivity index (χ0n) is 12.0. The minimum absolute atomic E-state index is 0.0711. The standard InChI is InChI=1S/C17H15NO4/c19-17(11-5-3-6-11)20-10-13-9-16(22-18-13)15-8-12-4-1-2-7-14(12)21-15/h1-2,4,7-9,11H,3,5-6,10H2. The van der Waals surface area contributed by atoms with Crippen LogP contribution in [-0.4, -0.2) is 11.1 Å². The van der Waals surface area contributed by atoms with Crippen molar-refractivity contribution in [3.05, 3.63) is 42.1 Å². The van der Waals surface area contributed by atoms with E-state index in [4.69, 9.17) is 13.7 Å². The van der Waals surface area contributed by atoms with Crippen LogP contribution in [-0.2, 0) is 16.1 Å². The lowest BCUT2D eigenvalue weighted by molar-refractivity contribution is -0.152. The van der Waals surface area contributed by atoms with Gasteiger partial charge >= 0.3 is 5.97 Å². The van der Waals surface area contributed by atoms with Gasteiger partial charge in [-0.05, 0) is 25.0 Å². The van der Waals surface area contributed by atoms with Crippen LogP contribution >= 0.6 is 0 Å². The number of fused-ring (bicyclic) bond motifs is 1. The molecule has 0 atom stereocenters. The van der Waals surface area contributed by atoms with E-state index in [-0.39, 0.29) is 18.5 Å². The molecule has 112 valence electrons. The molecule has 1 saturated carbocycles. The third-order valence-corrected chi connectivity index (χ3v) is 4.03. The average molecular weight is 297 g/mol. The lowest BCUT2D eigenvalue weighted by Gasteiger charge is -2.22. The summed E-state index contributed by atoms with van der Waals surface area (Å²) in [6, 6.07) is 11.4. The number of hydrogen-bond donors (Lipinski definition) is 0. The molecule has 0 amide bonds. The van der Waals surface area contributed by atoms with E-state index in [1.165, 1.54) is 0 Å². The summed E-state index contributed by atoms with van der Waals surface area (Å²) >= 11 is 0. The van der Waals surface area contributed by atoms with Crippen molar-refractivity contribution < 1.29 is 18.5 Å². The highest BCUT2D eigenvalue weighted by Crippen LogP contribution is 2.29. The van der Waals surface area contributed by atoms with Crippen LogP contribution in [0.25, 0.3) is 22.5 Å². The Morgan fingerprint density at radius 2 is 2.09 bits per heavy atom. The van der Waals surface area contributed by atoms with Gasteiger partial charge in [-0.25, -0.2) is 0 Å². The summed E-state index contributed by atoms with van der Waals surface area (Å²) in [5.41, 5.74) is 1.38. The fraction of sp³-hybridized carbons (Fsp3) is 0.294. The number of carbonyl (C=O) groups is 1. The fourth-order valence-electron chi connectivity index (χ4n) is 2.51. The molecule has 0 unspecified atom stereocenters. The second-order valence-electron chi connectivity index (χ2n) is 5.57. The van der Waals surface area contributed by atoms with Gasteiger partial charge < -0.3 is 13.7 Å². The number of carbonyl (C=O) groups excluding carboxylic acids is 1. The van der Waals surface area contributed by atoms with Crippen molar-refractivity contribution in [1.82, 2.24) is 5.16 Å². The highest BCUT2D eigenvalue weighted by atomic mass is 16.5. The SMILES string of the molecule is O=C(OCc1cc(-c2cc3ccccc3o2)on1)C1CCC1. The van der Waals surface area contributed by atoms with Gasteiger partial charge in [-0.2, -0.15) is 0 Å². The molecule has 0 N–H and O–H groups in total. The molecule has 0 spiro atoms. The maximum Gasteiger partial charge on any atom is 0.309 e. The molecular weight excluding hydrogens is 282 g/mol. The van der Waals surface area contributed by atoms with Gasteiger partial charge in [-0.15, -0.1) is 0 Å². The Morgan fingerprint density at radius 3 is 2.86 bits per heavy atom. The van der Waals surface area contributed by atoms with E-state index in [1.807, 2.05) is 30.3 Å². The predicted molar refractivity (Wildman–Crippen MR) is 78.8 cm³/mol. The molecule has 0 radical (unpaired) electrons. The fourth-order valence-corrected chi connectivity index (χ4v) is 2.51. The molecule has 0 bridgehead atoms. The summed E-state index contributed by atoms with van der Waals surface area (Å²) in [4.78, 5) is 11.7. The van der Waals surface area contributed by atoms with Crippen LogP contribution in [0.3, 0.4) is 0 Å². The molecule has 2 heterocycles. The van der Waals surface area contributed by atoms with Crippen LogP contribution < -0.4 is 0 Å². The molecule has 5 nitrogen and oxygen atoms in total. The van der Waals surface area contributed by atoms with Gasteiger partial charge in [0.25, 0.3) is 0 Å². The van der Waals surface area contributed by atoms with E-state index < -0.39 is 0 Å². The Kier molecular flexibility index (Phi) is 3.18. The first-order chi connectivity index (χ1) is 10.8. The van der Waals surface area contributed by atoms with E-state index in [0.717, 1.165) is 30.2 Å². The predicted octanol–water partition coefficient (Wildman–Crippen LogP) is 3.93. The van der Waals surface area contributed by atoms with Gasteiger partial charge in [0.2, 0.25) is 5.76 Å². The third-order valence-electron chi connectivity index (χ3n) is 4.03. The summed E-state index contributed by atoms with van der Waals surface area (Å²) in [5, 5.41) is 4.93. The molecule has 1 aromatic carbocycles. The van der Waals surface area contributed by atoms with Gasteiger partial charge in [-0.3, -0.25) is 4.79 Å². The van der Waals surface area contributed by atoms with Crippen molar-refractivity contribution in [2.75, 3.05) is 0 Å². The summed E-state index contributed by atoms with van der Waals surface area (Å²) in [6.45, 7) is 0.138. The Hall–Kier alpha value is -2.56. The van der Waals surface area contributed by atoms with Gasteiger partial charge in [0.05, 0.1) is 5.92 Å². The maximum atomic E-state index is 11.7. The number of furan rings is 1. The minimum atomic E-state index is -0.139. The maximum absolute atomic E-state index is 11.7. The zero-order valence-corrected chi connectivity index (χ0v) is 12.0. The van der Waals surface area contributed by atoms with Crippen molar-refractivity contribution in [3.63, 3.8) is 0 Å². The average Bonchev–Trinajstić information content (AvgIpc) is 3.09. The van der Waals surface area contributed by atoms with E-state index in [1.54, 1.807) is 6.07 Å². The van der Waals surface area contributed by atoms with Crippen LogP contribution in [0.4, 0.5) is 0 Å². The summed E-state index contributed by atoms with van der Waals surface area (Å²) in [7, 11) is 0. The van der Waals surface area contributed by atoms with E-state index in [9.17, 15) is 4.79 Å². The van der Waals surface area contributed by atoms with Gasteiger partial charge in [0, 0.05) is 11.5 Å². The summed E-state index contributed by atoms with van der Waals surface area (Å²) < 4.78 is 16.2. The second kappa shape index (κ2) is 5.33. The van der Waals surface area contributed by atoms with E-state index in [2.05, 4.69) is 5.16 Å². The highest BCUT2D eigenvalue weighted by molar-refractivity contribution is 5.81. The first kappa shape index (κ1) is 13.1. The van der Waals surface area contributed by atoms with Crippen molar-refractivity contribution in [1.29, 1.82) is 0 Å². The molecule has 0 aliphatic heterocycles. The number of ether oxygens (including phenoxy) is 1. The van der Waals surface area contributed by atoms with E-state index in [0.29, 0.717) is 17.2 Å². The van der Waals surface area contributed by atoms with Crippen LogP contribution in [0.15, 0.2) is 45.3 Å². The van der Waals surface area contributed by atoms with Gasteiger partial charge in [-0.1, -0.05) is 29.8 Å². The monoisotopic (exact) mass is 297 g/mol. The molecule has 2 aromatic heterocycles. The van der Waals surface area contributed by atoms with Crippen molar-refractivity contribution in [2.24, 2.45) is 5.92 Å². The van der Waals surface area contributed by atoms with Crippen LogP contribution in [0.2, 0.25) is 0 Å². The number of rotatable bonds is 4. The molecule has 22 heavy (non-hydrogen) atoms. The number of esters is 1. The van der Waals surface area contributed by atoms with Gasteiger partial charge in [0.1, 0.15) is 17.9 Å². The Bertz CT molecular complexity index is 780. The number of nitrogens with zero attached hydrogens (tertiary/aromatic N) is 1. The second-order valence-corrected chi connectivity index (χ2v) is 5.57. The van der Waals surface area contributed by atoms with Crippen molar-refractivity contribution in [2.45, 2.75) is 25.9 Å². The molecule has 1 aliphatic carbocycles. The number of para-hydroxylation sites is 1. The quantitative estimate of drug-likeness (QED) is 0.683. The number of hydrogen-bond acceptors (Lipinski definition) is 5. The van der Waals surface area contributed by atoms with Crippen molar-refractivity contribution >= 4 is 16.9 Å². The molecule has 1 fully saturated rings. The molecule has 3 aromatic rings.